The van der Waals surface area contributed by atoms with Crippen molar-refractivity contribution in [3.05, 3.63) is 12.2 Å². The summed E-state index contributed by atoms with van der Waals surface area (Å²) >= 11 is 0. The van der Waals surface area contributed by atoms with Gasteiger partial charge in [0, 0.05) is 6.04 Å². The second-order valence-corrected chi connectivity index (χ2v) is 2.75. The Kier molecular flexibility index (Phi) is 2.29. The Morgan fingerprint density at radius 3 is 2.78 bits per heavy atom. The maximum atomic E-state index is 5.78. The first kappa shape index (κ1) is 6.81. The molecule has 0 radical (unpaired) electrons. The largest absolute Gasteiger partial charge is 0.324 e. The standard InChI is InChI=1S/C8H15N/c1-2-3-4-8(9)7-5-6-7/h3-4,7-8H,2,5-6,9H2,1H3/b4-3+. The van der Waals surface area contributed by atoms with Crippen LogP contribution in [0.15, 0.2) is 12.2 Å². The lowest BCUT2D eigenvalue weighted by Gasteiger charge is -2.00. The van der Waals surface area contributed by atoms with Crippen LogP contribution in [0.1, 0.15) is 26.2 Å². The smallest absolute Gasteiger partial charge is 0.0252 e. The van der Waals surface area contributed by atoms with Gasteiger partial charge in [0.2, 0.25) is 0 Å². The maximum absolute atomic E-state index is 5.78. The summed E-state index contributed by atoms with van der Waals surface area (Å²) in [5.74, 6) is 0.813. The van der Waals surface area contributed by atoms with E-state index in [4.69, 9.17) is 5.73 Å². The van der Waals surface area contributed by atoms with E-state index in [1.165, 1.54) is 12.8 Å². The molecule has 0 aromatic rings. The van der Waals surface area contributed by atoms with Crippen LogP contribution in [-0.2, 0) is 0 Å². The van der Waals surface area contributed by atoms with Gasteiger partial charge in [-0.2, -0.15) is 0 Å². The molecule has 1 saturated carbocycles. The van der Waals surface area contributed by atoms with Crippen LogP contribution in [0.3, 0.4) is 0 Å². The summed E-state index contributed by atoms with van der Waals surface area (Å²) < 4.78 is 0. The molecule has 1 heteroatoms. The molecule has 0 aromatic carbocycles. The SMILES string of the molecule is CC/C=C/C(N)C1CC1. The van der Waals surface area contributed by atoms with Crippen LogP contribution in [0, 0.1) is 5.92 Å². The van der Waals surface area contributed by atoms with Crippen molar-refractivity contribution in [2.24, 2.45) is 11.7 Å². The summed E-state index contributed by atoms with van der Waals surface area (Å²) in [4.78, 5) is 0. The normalized spacial score (nSPS) is 22.9. The van der Waals surface area contributed by atoms with Gasteiger partial charge in [-0.05, 0) is 25.2 Å². The Morgan fingerprint density at radius 2 is 2.33 bits per heavy atom. The summed E-state index contributed by atoms with van der Waals surface area (Å²) in [5, 5.41) is 0. The molecule has 2 N–H and O–H groups in total. The molecular formula is C8H15N. The van der Waals surface area contributed by atoms with Gasteiger partial charge in [-0.15, -0.1) is 0 Å². The Bertz CT molecular complexity index is 103. The van der Waals surface area contributed by atoms with Gasteiger partial charge < -0.3 is 5.73 Å². The number of hydrogen-bond acceptors (Lipinski definition) is 1. The highest BCUT2D eigenvalue weighted by molar-refractivity contribution is 4.98. The molecule has 1 rings (SSSR count). The molecular weight excluding hydrogens is 110 g/mol. The van der Waals surface area contributed by atoms with Gasteiger partial charge in [0.25, 0.3) is 0 Å². The van der Waals surface area contributed by atoms with Crippen molar-refractivity contribution < 1.29 is 0 Å². The first-order valence-electron chi connectivity index (χ1n) is 3.77. The Morgan fingerprint density at radius 1 is 1.67 bits per heavy atom. The third kappa shape index (κ3) is 2.19. The zero-order chi connectivity index (χ0) is 6.69. The van der Waals surface area contributed by atoms with E-state index in [0.29, 0.717) is 6.04 Å². The number of nitrogens with two attached hydrogens (primary N) is 1. The molecule has 1 nitrogen and oxygen atoms in total. The van der Waals surface area contributed by atoms with Crippen molar-refractivity contribution in [2.45, 2.75) is 32.2 Å². The van der Waals surface area contributed by atoms with Gasteiger partial charge in [-0.3, -0.25) is 0 Å². The van der Waals surface area contributed by atoms with Gasteiger partial charge in [-0.25, -0.2) is 0 Å². The van der Waals surface area contributed by atoms with E-state index in [1.807, 2.05) is 0 Å². The molecule has 1 aliphatic carbocycles. The molecule has 0 aliphatic heterocycles. The van der Waals surface area contributed by atoms with E-state index in [-0.39, 0.29) is 0 Å². The summed E-state index contributed by atoms with van der Waals surface area (Å²) in [7, 11) is 0. The molecule has 0 saturated heterocycles. The topological polar surface area (TPSA) is 26.0 Å². The molecule has 1 aliphatic rings. The fourth-order valence-electron chi connectivity index (χ4n) is 0.931. The fraction of sp³-hybridized carbons (Fsp3) is 0.750. The van der Waals surface area contributed by atoms with Gasteiger partial charge in [0.15, 0.2) is 0 Å². The van der Waals surface area contributed by atoms with E-state index in [9.17, 15) is 0 Å². The molecule has 0 spiro atoms. The third-order valence-corrected chi connectivity index (χ3v) is 1.76. The van der Waals surface area contributed by atoms with Crippen molar-refractivity contribution in [1.29, 1.82) is 0 Å². The minimum atomic E-state index is 0.352. The third-order valence-electron chi connectivity index (χ3n) is 1.76. The average Bonchev–Trinajstić information content (AvgIpc) is 2.63. The molecule has 52 valence electrons. The average molecular weight is 125 g/mol. The molecule has 0 aromatic heterocycles. The second kappa shape index (κ2) is 3.02. The van der Waals surface area contributed by atoms with Crippen LogP contribution >= 0.6 is 0 Å². The van der Waals surface area contributed by atoms with Crippen molar-refractivity contribution in [3.8, 4) is 0 Å². The summed E-state index contributed by atoms with van der Waals surface area (Å²) in [6.45, 7) is 2.14. The lowest BCUT2D eigenvalue weighted by Crippen LogP contribution is -2.18. The first-order valence-corrected chi connectivity index (χ1v) is 3.77. The zero-order valence-corrected chi connectivity index (χ0v) is 6.01. The lowest BCUT2D eigenvalue weighted by molar-refractivity contribution is 0.708. The molecule has 1 fully saturated rings. The van der Waals surface area contributed by atoms with E-state index in [2.05, 4.69) is 19.1 Å². The predicted molar refractivity (Wildman–Crippen MR) is 40.1 cm³/mol. The number of hydrogen-bond donors (Lipinski definition) is 1. The zero-order valence-electron chi connectivity index (χ0n) is 6.01. The van der Waals surface area contributed by atoms with Crippen LogP contribution in [-0.4, -0.2) is 6.04 Å². The minimum Gasteiger partial charge on any atom is -0.324 e. The predicted octanol–water partition coefficient (Wildman–Crippen LogP) is 1.69. The minimum absolute atomic E-state index is 0.352. The Labute approximate surface area is 56.9 Å². The van der Waals surface area contributed by atoms with Crippen LogP contribution in [0.25, 0.3) is 0 Å². The summed E-state index contributed by atoms with van der Waals surface area (Å²) in [6, 6.07) is 0.352. The summed E-state index contributed by atoms with van der Waals surface area (Å²) in [6.07, 6.45) is 8.09. The second-order valence-electron chi connectivity index (χ2n) is 2.75. The monoisotopic (exact) mass is 125 g/mol. The van der Waals surface area contributed by atoms with Gasteiger partial charge in [0.1, 0.15) is 0 Å². The molecule has 1 unspecified atom stereocenters. The molecule has 9 heavy (non-hydrogen) atoms. The highest BCUT2D eigenvalue weighted by Crippen LogP contribution is 2.31. The maximum Gasteiger partial charge on any atom is 0.0252 e. The molecule has 0 bridgehead atoms. The van der Waals surface area contributed by atoms with E-state index in [1.54, 1.807) is 0 Å². The highest BCUT2D eigenvalue weighted by Gasteiger charge is 2.26. The van der Waals surface area contributed by atoms with E-state index < -0.39 is 0 Å². The van der Waals surface area contributed by atoms with Gasteiger partial charge in [0.05, 0.1) is 0 Å². The van der Waals surface area contributed by atoms with Crippen molar-refractivity contribution in [3.63, 3.8) is 0 Å². The van der Waals surface area contributed by atoms with Crippen LogP contribution < -0.4 is 5.73 Å². The van der Waals surface area contributed by atoms with Crippen LogP contribution in [0.5, 0.6) is 0 Å². The van der Waals surface area contributed by atoms with Crippen LogP contribution in [0.2, 0.25) is 0 Å². The number of allylic oxidation sites excluding steroid dienone is 1. The van der Waals surface area contributed by atoms with E-state index in [0.717, 1.165) is 12.3 Å². The Balaban J connectivity index is 2.16. The van der Waals surface area contributed by atoms with Crippen LogP contribution in [0.4, 0.5) is 0 Å². The van der Waals surface area contributed by atoms with Gasteiger partial charge in [-0.1, -0.05) is 19.1 Å². The highest BCUT2D eigenvalue weighted by atomic mass is 14.7. The number of rotatable bonds is 3. The van der Waals surface area contributed by atoms with E-state index >= 15 is 0 Å². The van der Waals surface area contributed by atoms with Crippen molar-refractivity contribution >= 4 is 0 Å². The van der Waals surface area contributed by atoms with Crippen molar-refractivity contribution in [1.82, 2.24) is 0 Å². The first-order chi connectivity index (χ1) is 4.34. The Hall–Kier alpha value is -0.300. The van der Waals surface area contributed by atoms with Crippen molar-refractivity contribution in [2.75, 3.05) is 0 Å². The molecule has 0 heterocycles. The van der Waals surface area contributed by atoms with Gasteiger partial charge >= 0.3 is 0 Å². The molecule has 0 amide bonds. The molecule has 1 atom stereocenters. The summed E-state index contributed by atoms with van der Waals surface area (Å²) in [5.41, 5.74) is 5.78. The fourth-order valence-corrected chi connectivity index (χ4v) is 0.931. The quantitative estimate of drug-likeness (QED) is 0.571. The lowest BCUT2D eigenvalue weighted by atomic mass is 10.2.